The first kappa shape index (κ1) is 20.2. The van der Waals surface area contributed by atoms with Crippen LogP contribution in [0, 0.1) is 0 Å². The first-order valence-electron chi connectivity index (χ1n) is 7.26. The summed E-state index contributed by atoms with van der Waals surface area (Å²) in [5.41, 5.74) is 0. The molecule has 0 amide bonds. The van der Waals surface area contributed by atoms with Crippen molar-refractivity contribution in [2.45, 2.75) is 76.9 Å². The summed E-state index contributed by atoms with van der Waals surface area (Å²) < 4.78 is 21.1. The molecule has 0 aliphatic heterocycles. The molecule has 0 aliphatic rings. The molecule has 0 aliphatic carbocycles. The molecule has 120 valence electrons. The van der Waals surface area contributed by atoms with Crippen molar-refractivity contribution in [1.82, 2.24) is 4.72 Å². The second-order valence-electron chi connectivity index (χ2n) is 7.74. The van der Waals surface area contributed by atoms with Gasteiger partial charge in [0.05, 0.1) is 6.04 Å². The van der Waals surface area contributed by atoms with Gasteiger partial charge in [-0.25, -0.2) is 0 Å². The molecule has 2 unspecified atom stereocenters. The zero-order chi connectivity index (χ0) is 16.2. The minimum Gasteiger partial charge on any atom is -0.598 e. The number of rotatable bonds is 7. The van der Waals surface area contributed by atoms with Crippen molar-refractivity contribution in [3.63, 3.8) is 0 Å². The summed E-state index contributed by atoms with van der Waals surface area (Å²) >= 11 is -1.07. The summed E-state index contributed by atoms with van der Waals surface area (Å²) in [4.78, 5) is 0. The zero-order valence-electron chi connectivity index (χ0n) is 14.5. The maximum atomic E-state index is 12.1. The highest BCUT2D eigenvalue weighted by atomic mass is 32.2. The van der Waals surface area contributed by atoms with Crippen molar-refractivity contribution in [2.24, 2.45) is 0 Å². The number of nitrogens with one attached hydrogen (secondary N) is 1. The van der Waals surface area contributed by atoms with Gasteiger partial charge in [-0.1, -0.05) is 26.8 Å². The van der Waals surface area contributed by atoms with Crippen molar-refractivity contribution >= 4 is 19.7 Å². The molecule has 5 heteroatoms. The van der Waals surface area contributed by atoms with E-state index in [2.05, 4.69) is 45.2 Å². The van der Waals surface area contributed by atoms with Crippen LogP contribution in [0.1, 0.15) is 48.0 Å². The van der Waals surface area contributed by atoms with Crippen LogP contribution in [-0.4, -0.2) is 30.3 Å². The number of hydrogen-bond donors (Lipinski definition) is 1. The van der Waals surface area contributed by atoms with E-state index in [1.807, 2.05) is 26.8 Å². The van der Waals surface area contributed by atoms with E-state index < -0.39 is 19.7 Å². The van der Waals surface area contributed by atoms with Gasteiger partial charge in [-0.15, -0.1) is 11.3 Å². The Labute approximate surface area is 130 Å². The van der Waals surface area contributed by atoms with E-state index in [9.17, 15) is 4.55 Å². The molecule has 20 heavy (non-hydrogen) atoms. The molecule has 0 bridgehead atoms. The van der Waals surface area contributed by atoms with Crippen LogP contribution in [0.2, 0.25) is 18.1 Å². The Morgan fingerprint density at radius 3 is 2.10 bits per heavy atom. The van der Waals surface area contributed by atoms with Crippen molar-refractivity contribution in [3.05, 3.63) is 12.7 Å². The lowest BCUT2D eigenvalue weighted by molar-refractivity contribution is 0.275. The SMILES string of the molecule is C=CC(CCO[Si](C)(C)C(C)(C)C)N[S+]([O-])C(C)(C)C. The van der Waals surface area contributed by atoms with E-state index >= 15 is 0 Å². The molecule has 0 heterocycles. The van der Waals surface area contributed by atoms with E-state index in [0.717, 1.165) is 6.42 Å². The van der Waals surface area contributed by atoms with Gasteiger partial charge in [-0.2, -0.15) is 0 Å². The minimum absolute atomic E-state index is 0.0276. The Bertz CT molecular complexity index is 308. The van der Waals surface area contributed by atoms with Crippen molar-refractivity contribution < 1.29 is 8.98 Å². The molecule has 0 aromatic heterocycles. The predicted molar refractivity (Wildman–Crippen MR) is 92.8 cm³/mol. The summed E-state index contributed by atoms with van der Waals surface area (Å²) in [5, 5.41) is 0.221. The lowest BCUT2D eigenvalue weighted by atomic mass is 10.2. The summed E-state index contributed by atoms with van der Waals surface area (Å²) in [6.07, 6.45) is 2.62. The van der Waals surface area contributed by atoms with E-state index in [0.29, 0.717) is 6.61 Å². The molecule has 0 rings (SSSR count). The molecular weight excluding hydrogens is 286 g/mol. The first-order valence-corrected chi connectivity index (χ1v) is 11.3. The van der Waals surface area contributed by atoms with Gasteiger partial charge in [0.2, 0.25) is 0 Å². The second kappa shape index (κ2) is 7.45. The summed E-state index contributed by atoms with van der Waals surface area (Å²) in [6.45, 7) is 21.6. The van der Waals surface area contributed by atoms with Crippen LogP contribution >= 0.6 is 0 Å². The molecule has 3 nitrogen and oxygen atoms in total. The van der Waals surface area contributed by atoms with Gasteiger partial charge in [0, 0.05) is 18.0 Å². The molecule has 1 N–H and O–H groups in total. The fourth-order valence-corrected chi connectivity index (χ4v) is 3.10. The smallest absolute Gasteiger partial charge is 0.191 e. The highest BCUT2D eigenvalue weighted by molar-refractivity contribution is 7.90. The van der Waals surface area contributed by atoms with Crippen LogP contribution in [0.5, 0.6) is 0 Å². The topological polar surface area (TPSA) is 44.3 Å². The van der Waals surface area contributed by atoms with Gasteiger partial charge in [0.25, 0.3) is 0 Å². The van der Waals surface area contributed by atoms with E-state index in [4.69, 9.17) is 4.43 Å². The fourth-order valence-electron chi connectivity index (χ4n) is 1.20. The third-order valence-corrected chi connectivity index (χ3v) is 9.96. The van der Waals surface area contributed by atoms with Gasteiger partial charge in [-0.05, 0) is 45.3 Å². The van der Waals surface area contributed by atoms with E-state index in [-0.39, 0.29) is 15.8 Å². The molecule has 0 saturated heterocycles. The Morgan fingerprint density at radius 2 is 1.75 bits per heavy atom. The van der Waals surface area contributed by atoms with Crippen LogP contribution in [0.25, 0.3) is 0 Å². The van der Waals surface area contributed by atoms with Crippen molar-refractivity contribution in [1.29, 1.82) is 0 Å². The van der Waals surface area contributed by atoms with Crippen molar-refractivity contribution in [2.75, 3.05) is 6.61 Å². The van der Waals surface area contributed by atoms with Crippen LogP contribution < -0.4 is 4.72 Å². The molecule has 0 aromatic carbocycles. The second-order valence-corrected chi connectivity index (χ2v) is 14.5. The van der Waals surface area contributed by atoms with Crippen LogP contribution in [-0.2, 0) is 15.8 Å². The van der Waals surface area contributed by atoms with Crippen LogP contribution in [0.15, 0.2) is 12.7 Å². The largest absolute Gasteiger partial charge is 0.598 e. The highest BCUT2D eigenvalue weighted by Gasteiger charge is 2.37. The van der Waals surface area contributed by atoms with Gasteiger partial charge >= 0.3 is 0 Å². The molecule has 0 radical (unpaired) electrons. The monoisotopic (exact) mass is 319 g/mol. The average Bonchev–Trinajstić information content (AvgIpc) is 2.24. The molecule has 2 atom stereocenters. The maximum absolute atomic E-state index is 12.1. The quantitative estimate of drug-likeness (QED) is 0.438. The van der Waals surface area contributed by atoms with Gasteiger partial charge in [-0.3, -0.25) is 0 Å². The molecular formula is C15H33NO2SSi. The van der Waals surface area contributed by atoms with Gasteiger partial charge in [0.1, 0.15) is 4.75 Å². The Kier molecular flexibility index (Phi) is 7.52. The normalized spacial score (nSPS) is 16.9. The molecule has 0 saturated carbocycles. The zero-order valence-corrected chi connectivity index (χ0v) is 16.3. The Balaban J connectivity index is 4.32. The summed E-state index contributed by atoms with van der Waals surface area (Å²) in [7, 11) is -1.70. The third kappa shape index (κ3) is 6.76. The molecule has 0 fully saturated rings. The molecule has 0 aromatic rings. The lowest BCUT2D eigenvalue weighted by Crippen LogP contribution is -2.45. The Hall–Kier alpha value is 0.187. The van der Waals surface area contributed by atoms with Gasteiger partial charge < -0.3 is 8.98 Å². The standard InChI is InChI=1S/C15H33NO2SSi/c1-10-13(16-19(17)14(2,3)4)11-12-18-20(8,9)15(5,6)7/h10,13,16H,1,11-12H2,2-9H3. The maximum Gasteiger partial charge on any atom is 0.191 e. The third-order valence-electron chi connectivity index (χ3n) is 3.80. The van der Waals surface area contributed by atoms with Gasteiger partial charge in [0.15, 0.2) is 8.32 Å². The highest BCUT2D eigenvalue weighted by Crippen LogP contribution is 2.36. The minimum atomic E-state index is -1.70. The summed E-state index contributed by atoms with van der Waals surface area (Å²) in [6, 6.07) is 0.0276. The van der Waals surface area contributed by atoms with E-state index in [1.165, 1.54) is 0 Å². The van der Waals surface area contributed by atoms with Crippen LogP contribution in [0.3, 0.4) is 0 Å². The number of hydrogen-bond acceptors (Lipinski definition) is 3. The lowest BCUT2D eigenvalue weighted by Gasteiger charge is -2.36. The molecule has 0 spiro atoms. The summed E-state index contributed by atoms with van der Waals surface area (Å²) in [5.74, 6) is 0. The first-order chi connectivity index (χ1) is 8.81. The van der Waals surface area contributed by atoms with Crippen LogP contribution in [0.4, 0.5) is 0 Å². The predicted octanol–water partition coefficient (Wildman–Crippen LogP) is 4.00. The average molecular weight is 320 g/mol. The fraction of sp³-hybridized carbons (Fsp3) is 0.867. The van der Waals surface area contributed by atoms with E-state index in [1.54, 1.807) is 0 Å². The Morgan fingerprint density at radius 1 is 1.25 bits per heavy atom. The van der Waals surface area contributed by atoms with Crippen molar-refractivity contribution in [3.8, 4) is 0 Å².